The van der Waals surface area contributed by atoms with Gasteiger partial charge in [-0.05, 0) is 36.8 Å². The van der Waals surface area contributed by atoms with Gasteiger partial charge < -0.3 is 4.74 Å². The normalized spacial score (nSPS) is 10.4. The second-order valence-corrected chi connectivity index (χ2v) is 6.97. The second-order valence-electron chi connectivity index (χ2n) is 5.20. The van der Waals surface area contributed by atoms with Crippen LogP contribution in [0.3, 0.4) is 0 Å². The first-order chi connectivity index (χ1) is 11.6. The van der Waals surface area contributed by atoms with Gasteiger partial charge in [0.2, 0.25) is 0 Å². The lowest BCUT2D eigenvalue weighted by molar-refractivity contribution is -0.118. The topological polar surface area (TPSA) is 51.2 Å². The summed E-state index contributed by atoms with van der Waals surface area (Å²) in [6.45, 7) is 1.93. The number of aryl methyl sites for hydroxylation is 1. The molecule has 122 valence electrons. The summed E-state index contributed by atoms with van der Waals surface area (Å²) in [6.07, 6.45) is 0. The van der Waals surface area contributed by atoms with E-state index in [0.29, 0.717) is 10.9 Å². The number of amides is 1. The molecule has 0 spiro atoms. The highest BCUT2D eigenvalue weighted by atomic mass is 79.9. The number of hydrogen-bond acceptors (Lipinski definition) is 4. The molecule has 1 aromatic heterocycles. The molecule has 0 saturated heterocycles. The Bertz CT molecular complexity index is 846. The van der Waals surface area contributed by atoms with E-state index in [-0.39, 0.29) is 12.5 Å². The van der Waals surface area contributed by atoms with Gasteiger partial charge in [0.1, 0.15) is 5.75 Å². The van der Waals surface area contributed by atoms with E-state index in [0.717, 1.165) is 21.3 Å². The highest BCUT2D eigenvalue weighted by Crippen LogP contribution is 2.26. The van der Waals surface area contributed by atoms with Gasteiger partial charge in [0.05, 0.1) is 5.69 Å². The minimum absolute atomic E-state index is 0.0450. The van der Waals surface area contributed by atoms with Crippen molar-refractivity contribution in [2.75, 3.05) is 11.9 Å². The van der Waals surface area contributed by atoms with Gasteiger partial charge in [-0.2, -0.15) is 0 Å². The summed E-state index contributed by atoms with van der Waals surface area (Å²) >= 11 is 4.80. The van der Waals surface area contributed by atoms with E-state index in [2.05, 4.69) is 26.2 Å². The van der Waals surface area contributed by atoms with E-state index in [4.69, 9.17) is 4.74 Å². The molecular formula is C18H15BrN2O2S. The average molecular weight is 403 g/mol. The molecule has 0 aliphatic rings. The number of thiazole rings is 1. The molecule has 2 aromatic carbocycles. The lowest BCUT2D eigenvalue weighted by Gasteiger charge is -2.06. The van der Waals surface area contributed by atoms with Crippen molar-refractivity contribution in [3.63, 3.8) is 0 Å². The highest BCUT2D eigenvalue weighted by molar-refractivity contribution is 9.10. The summed E-state index contributed by atoms with van der Waals surface area (Å²) in [7, 11) is 0. The number of aromatic nitrogens is 1. The van der Waals surface area contributed by atoms with Gasteiger partial charge in [0.25, 0.3) is 5.91 Å². The number of nitrogens with one attached hydrogen (secondary N) is 1. The zero-order chi connectivity index (χ0) is 16.9. The Labute approximate surface area is 152 Å². The van der Waals surface area contributed by atoms with Crippen molar-refractivity contribution < 1.29 is 9.53 Å². The van der Waals surface area contributed by atoms with Crippen molar-refractivity contribution in [3.8, 4) is 17.0 Å². The Morgan fingerprint density at radius 1 is 1.25 bits per heavy atom. The lowest BCUT2D eigenvalue weighted by atomic mass is 10.2. The molecule has 1 heterocycles. The maximum Gasteiger partial charge on any atom is 0.264 e. The monoisotopic (exact) mass is 402 g/mol. The van der Waals surface area contributed by atoms with E-state index in [9.17, 15) is 4.79 Å². The van der Waals surface area contributed by atoms with Crippen LogP contribution in [0.4, 0.5) is 5.13 Å². The van der Waals surface area contributed by atoms with E-state index in [1.165, 1.54) is 11.3 Å². The molecule has 0 fully saturated rings. The number of hydrogen-bond donors (Lipinski definition) is 1. The summed E-state index contributed by atoms with van der Waals surface area (Å²) in [5.41, 5.74) is 2.93. The SMILES string of the molecule is Cc1cccc(OCC(=O)Nc2nc(-c3ccc(Br)cc3)cs2)c1. The first-order valence-electron chi connectivity index (χ1n) is 7.31. The molecule has 0 aliphatic heterocycles. The fraction of sp³-hybridized carbons (Fsp3) is 0.111. The molecule has 4 nitrogen and oxygen atoms in total. The summed E-state index contributed by atoms with van der Waals surface area (Å²) in [6, 6.07) is 15.5. The predicted octanol–water partition coefficient (Wildman–Crippen LogP) is 4.90. The smallest absolute Gasteiger partial charge is 0.264 e. The summed E-state index contributed by atoms with van der Waals surface area (Å²) in [4.78, 5) is 16.4. The largest absolute Gasteiger partial charge is 0.484 e. The lowest BCUT2D eigenvalue weighted by Crippen LogP contribution is -2.20. The molecule has 0 saturated carbocycles. The van der Waals surface area contributed by atoms with Crippen LogP contribution in [0.25, 0.3) is 11.3 Å². The number of rotatable bonds is 5. The zero-order valence-corrected chi connectivity index (χ0v) is 15.4. The summed E-state index contributed by atoms with van der Waals surface area (Å²) in [5.74, 6) is 0.452. The van der Waals surface area contributed by atoms with Crippen molar-refractivity contribution in [1.82, 2.24) is 4.98 Å². The van der Waals surface area contributed by atoms with Crippen LogP contribution in [-0.2, 0) is 4.79 Å². The van der Waals surface area contributed by atoms with Crippen LogP contribution < -0.4 is 10.1 Å². The van der Waals surface area contributed by atoms with Crippen molar-refractivity contribution in [3.05, 3.63) is 63.9 Å². The van der Waals surface area contributed by atoms with Crippen LogP contribution in [-0.4, -0.2) is 17.5 Å². The molecule has 6 heteroatoms. The van der Waals surface area contributed by atoms with Crippen LogP contribution in [0.5, 0.6) is 5.75 Å². The predicted molar refractivity (Wildman–Crippen MR) is 101 cm³/mol. The number of nitrogens with zero attached hydrogens (tertiary/aromatic N) is 1. The molecule has 3 rings (SSSR count). The summed E-state index contributed by atoms with van der Waals surface area (Å²) < 4.78 is 6.50. The number of anilines is 1. The summed E-state index contributed by atoms with van der Waals surface area (Å²) in [5, 5.41) is 5.24. The number of carbonyl (C=O) groups excluding carboxylic acids is 1. The molecule has 0 radical (unpaired) electrons. The molecule has 0 atom stereocenters. The third-order valence-corrected chi connectivity index (χ3v) is 4.54. The van der Waals surface area contributed by atoms with Crippen molar-refractivity contribution in [2.45, 2.75) is 6.92 Å². The van der Waals surface area contributed by atoms with Crippen LogP contribution in [0.15, 0.2) is 58.4 Å². The highest BCUT2D eigenvalue weighted by Gasteiger charge is 2.09. The number of halogens is 1. The standard InChI is InChI=1S/C18H15BrN2O2S/c1-12-3-2-4-15(9-12)23-10-17(22)21-18-20-16(11-24-18)13-5-7-14(19)8-6-13/h2-9,11H,10H2,1H3,(H,20,21,22). The Balaban J connectivity index is 1.58. The van der Waals surface area contributed by atoms with E-state index < -0.39 is 0 Å². The maximum atomic E-state index is 12.0. The Hall–Kier alpha value is -2.18. The van der Waals surface area contributed by atoms with Crippen molar-refractivity contribution >= 4 is 38.3 Å². The molecule has 24 heavy (non-hydrogen) atoms. The van der Waals surface area contributed by atoms with Gasteiger partial charge in [-0.1, -0.05) is 40.2 Å². The molecular weight excluding hydrogens is 388 g/mol. The van der Waals surface area contributed by atoms with Crippen LogP contribution in [0.1, 0.15) is 5.56 Å². The Morgan fingerprint density at radius 3 is 2.79 bits per heavy atom. The fourth-order valence-corrected chi connectivity index (χ4v) is 3.09. The average Bonchev–Trinajstić information content (AvgIpc) is 3.02. The minimum atomic E-state index is -0.229. The first-order valence-corrected chi connectivity index (χ1v) is 8.98. The third kappa shape index (κ3) is 4.43. The molecule has 0 bridgehead atoms. The quantitative estimate of drug-likeness (QED) is 0.660. The fourth-order valence-electron chi connectivity index (χ4n) is 2.09. The number of carbonyl (C=O) groups is 1. The van der Waals surface area contributed by atoms with E-state index in [1.54, 1.807) is 0 Å². The molecule has 1 N–H and O–H groups in total. The van der Waals surface area contributed by atoms with Gasteiger partial charge >= 0.3 is 0 Å². The van der Waals surface area contributed by atoms with Gasteiger partial charge in [0, 0.05) is 15.4 Å². The molecule has 3 aromatic rings. The molecule has 0 aliphatic carbocycles. The molecule has 0 unspecified atom stereocenters. The zero-order valence-electron chi connectivity index (χ0n) is 13.0. The van der Waals surface area contributed by atoms with Crippen molar-refractivity contribution in [1.29, 1.82) is 0 Å². The number of benzene rings is 2. The Morgan fingerprint density at radius 2 is 2.04 bits per heavy atom. The van der Waals surface area contributed by atoms with E-state index >= 15 is 0 Å². The third-order valence-electron chi connectivity index (χ3n) is 3.25. The Kier molecular flexibility index (Phi) is 5.27. The first kappa shape index (κ1) is 16.7. The van der Waals surface area contributed by atoms with Gasteiger partial charge in [-0.25, -0.2) is 4.98 Å². The van der Waals surface area contributed by atoms with E-state index in [1.807, 2.05) is 60.8 Å². The van der Waals surface area contributed by atoms with Crippen LogP contribution >= 0.6 is 27.3 Å². The van der Waals surface area contributed by atoms with Gasteiger partial charge in [0.15, 0.2) is 11.7 Å². The second kappa shape index (κ2) is 7.59. The maximum absolute atomic E-state index is 12.0. The van der Waals surface area contributed by atoms with Gasteiger partial charge in [-0.3, -0.25) is 10.1 Å². The van der Waals surface area contributed by atoms with Crippen molar-refractivity contribution in [2.24, 2.45) is 0 Å². The van der Waals surface area contributed by atoms with Crippen LogP contribution in [0.2, 0.25) is 0 Å². The minimum Gasteiger partial charge on any atom is -0.484 e. The number of ether oxygens (including phenoxy) is 1. The molecule has 1 amide bonds. The van der Waals surface area contributed by atoms with Crippen LogP contribution in [0, 0.1) is 6.92 Å². The van der Waals surface area contributed by atoms with Gasteiger partial charge in [-0.15, -0.1) is 11.3 Å².